The van der Waals surface area contributed by atoms with Gasteiger partial charge in [0, 0.05) is 5.56 Å². The first-order chi connectivity index (χ1) is 11.7. The highest BCUT2D eigenvalue weighted by Crippen LogP contribution is 2.29. The zero-order valence-electron chi connectivity index (χ0n) is 12.9. The number of benzene rings is 1. The molecule has 0 atom stereocenters. The molecule has 0 radical (unpaired) electrons. The molecule has 0 N–H and O–H groups in total. The normalized spacial score (nSPS) is 11.1. The maximum Gasteiger partial charge on any atom is 0.162 e. The van der Waals surface area contributed by atoms with Crippen molar-refractivity contribution >= 4 is 22.8 Å². The third kappa shape index (κ3) is 2.63. The average molecular weight is 340 g/mol. The van der Waals surface area contributed by atoms with Gasteiger partial charge >= 0.3 is 0 Å². The first-order valence-corrected chi connectivity index (χ1v) is 7.80. The molecule has 0 amide bonds. The van der Waals surface area contributed by atoms with Crippen molar-refractivity contribution in [1.82, 2.24) is 14.5 Å². The number of rotatable bonds is 4. The smallest absolute Gasteiger partial charge is 0.162 e. The number of furan rings is 1. The van der Waals surface area contributed by atoms with Crippen molar-refractivity contribution in [1.29, 1.82) is 0 Å². The Kier molecular flexibility index (Phi) is 3.70. The summed E-state index contributed by atoms with van der Waals surface area (Å²) in [6, 6.07) is 13.4. The number of methoxy groups -OCH3 is 1. The summed E-state index contributed by atoms with van der Waals surface area (Å²) in [5.74, 6) is 1.55. The quantitative estimate of drug-likeness (QED) is 0.517. The lowest BCUT2D eigenvalue weighted by Gasteiger charge is -2.06. The second kappa shape index (κ2) is 6.02. The van der Waals surface area contributed by atoms with Crippen LogP contribution in [0.3, 0.4) is 0 Å². The Morgan fingerprint density at radius 3 is 2.75 bits per heavy atom. The lowest BCUT2D eigenvalue weighted by atomic mass is 10.2. The highest BCUT2D eigenvalue weighted by molar-refractivity contribution is 6.30. The summed E-state index contributed by atoms with van der Waals surface area (Å²) in [5, 5.41) is 0.408. The molecule has 0 bridgehead atoms. The molecule has 4 rings (SSSR count). The fourth-order valence-electron chi connectivity index (χ4n) is 2.67. The minimum atomic E-state index is 0.408. The third-order valence-corrected chi connectivity index (χ3v) is 4.03. The van der Waals surface area contributed by atoms with Crippen molar-refractivity contribution in [3.05, 3.63) is 65.8 Å². The van der Waals surface area contributed by atoms with E-state index in [0.29, 0.717) is 11.7 Å². The van der Waals surface area contributed by atoms with E-state index in [1.54, 1.807) is 25.8 Å². The van der Waals surface area contributed by atoms with Crippen molar-refractivity contribution < 1.29 is 9.15 Å². The van der Waals surface area contributed by atoms with Crippen molar-refractivity contribution in [2.45, 2.75) is 6.54 Å². The molecule has 120 valence electrons. The average Bonchev–Trinajstić information content (AvgIpc) is 3.26. The Morgan fingerprint density at radius 1 is 1.21 bits per heavy atom. The van der Waals surface area contributed by atoms with Crippen LogP contribution >= 0.6 is 11.6 Å². The summed E-state index contributed by atoms with van der Waals surface area (Å²) >= 11 is 6.20. The molecule has 0 saturated carbocycles. The van der Waals surface area contributed by atoms with Gasteiger partial charge in [-0.2, -0.15) is 0 Å². The summed E-state index contributed by atoms with van der Waals surface area (Å²) in [6.45, 7) is 0.644. The van der Waals surface area contributed by atoms with Gasteiger partial charge in [-0.15, -0.1) is 0 Å². The molecular formula is C18H14ClN3O2. The minimum Gasteiger partial charge on any atom is -0.497 e. The molecule has 4 aromatic rings. The van der Waals surface area contributed by atoms with E-state index in [9.17, 15) is 0 Å². The monoisotopic (exact) mass is 339 g/mol. The van der Waals surface area contributed by atoms with Crippen LogP contribution < -0.4 is 4.74 Å². The van der Waals surface area contributed by atoms with Gasteiger partial charge in [-0.05, 0) is 35.9 Å². The maximum absolute atomic E-state index is 6.20. The molecule has 0 fully saturated rings. The molecule has 0 aliphatic rings. The summed E-state index contributed by atoms with van der Waals surface area (Å²) in [7, 11) is 1.65. The number of fused-ring (bicyclic) bond motifs is 1. The standard InChI is InChI=1S/C18H14ClN3O2/c1-23-13-6-4-12(5-7-13)10-22-11-20-17-14(15-3-2-8-24-15)9-16(19)21-18(17)22/h2-9,11H,10H2,1H3. The van der Waals surface area contributed by atoms with Gasteiger partial charge in [0.05, 0.1) is 26.2 Å². The Labute approximate surface area is 143 Å². The van der Waals surface area contributed by atoms with Crippen LogP contribution in [0.1, 0.15) is 5.56 Å². The molecule has 5 nitrogen and oxygen atoms in total. The van der Waals surface area contributed by atoms with Gasteiger partial charge in [0.15, 0.2) is 5.65 Å². The molecule has 0 saturated heterocycles. The van der Waals surface area contributed by atoms with Crippen LogP contribution in [0.4, 0.5) is 0 Å². The van der Waals surface area contributed by atoms with E-state index in [4.69, 9.17) is 20.8 Å². The fraction of sp³-hybridized carbons (Fsp3) is 0.111. The lowest BCUT2D eigenvalue weighted by Crippen LogP contribution is -1.99. The molecule has 0 aliphatic heterocycles. The van der Waals surface area contributed by atoms with Crippen molar-refractivity contribution in [3.63, 3.8) is 0 Å². The molecule has 0 aliphatic carbocycles. The van der Waals surface area contributed by atoms with E-state index in [1.807, 2.05) is 41.0 Å². The van der Waals surface area contributed by atoms with Crippen LogP contribution in [-0.2, 0) is 6.54 Å². The van der Waals surface area contributed by atoms with Crippen molar-refractivity contribution in [2.24, 2.45) is 0 Å². The van der Waals surface area contributed by atoms with E-state index >= 15 is 0 Å². The molecule has 1 aromatic carbocycles. The molecular weight excluding hydrogens is 326 g/mol. The first kappa shape index (κ1) is 14.8. The van der Waals surface area contributed by atoms with E-state index < -0.39 is 0 Å². The predicted octanol–water partition coefficient (Wildman–Crippen LogP) is 4.40. The summed E-state index contributed by atoms with van der Waals surface area (Å²) in [6.07, 6.45) is 3.40. The third-order valence-electron chi connectivity index (χ3n) is 3.84. The van der Waals surface area contributed by atoms with Crippen LogP contribution in [0.15, 0.2) is 59.5 Å². The molecule has 0 spiro atoms. The van der Waals surface area contributed by atoms with Gasteiger partial charge in [0.25, 0.3) is 0 Å². The van der Waals surface area contributed by atoms with Gasteiger partial charge in [0.2, 0.25) is 0 Å². The van der Waals surface area contributed by atoms with Crippen LogP contribution in [-0.4, -0.2) is 21.6 Å². The van der Waals surface area contributed by atoms with E-state index in [0.717, 1.165) is 33.8 Å². The van der Waals surface area contributed by atoms with E-state index in [2.05, 4.69) is 9.97 Å². The largest absolute Gasteiger partial charge is 0.497 e. The van der Waals surface area contributed by atoms with Gasteiger partial charge in [0.1, 0.15) is 22.2 Å². The Balaban J connectivity index is 1.77. The van der Waals surface area contributed by atoms with Gasteiger partial charge in [-0.3, -0.25) is 0 Å². The van der Waals surface area contributed by atoms with Crippen LogP contribution in [0, 0.1) is 0 Å². The first-order valence-electron chi connectivity index (χ1n) is 7.43. The van der Waals surface area contributed by atoms with Crippen molar-refractivity contribution in [2.75, 3.05) is 7.11 Å². The number of aromatic nitrogens is 3. The molecule has 6 heteroatoms. The summed E-state index contributed by atoms with van der Waals surface area (Å²) in [4.78, 5) is 8.94. The number of hydrogen-bond acceptors (Lipinski definition) is 4. The van der Waals surface area contributed by atoms with Gasteiger partial charge in [-0.25, -0.2) is 9.97 Å². The highest BCUT2D eigenvalue weighted by Gasteiger charge is 2.14. The number of imidazole rings is 1. The van der Waals surface area contributed by atoms with Crippen molar-refractivity contribution in [3.8, 4) is 17.1 Å². The molecule has 0 unspecified atom stereocenters. The van der Waals surface area contributed by atoms with Gasteiger partial charge in [-0.1, -0.05) is 23.7 Å². The number of ether oxygens (including phenoxy) is 1. The second-order valence-corrected chi connectivity index (χ2v) is 5.75. The summed E-state index contributed by atoms with van der Waals surface area (Å²) in [5.41, 5.74) is 3.45. The zero-order valence-corrected chi connectivity index (χ0v) is 13.7. The number of halogens is 1. The number of hydrogen-bond donors (Lipinski definition) is 0. The Morgan fingerprint density at radius 2 is 2.04 bits per heavy atom. The van der Waals surface area contributed by atoms with Crippen LogP contribution in [0.5, 0.6) is 5.75 Å². The molecule has 24 heavy (non-hydrogen) atoms. The van der Waals surface area contributed by atoms with E-state index in [1.165, 1.54) is 0 Å². The summed E-state index contributed by atoms with van der Waals surface area (Å²) < 4.78 is 12.6. The SMILES string of the molecule is COc1ccc(Cn2cnc3c(-c4ccco4)cc(Cl)nc32)cc1. The van der Waals surface area contributed by atoms with Crippen LogP contribution in [0.2, 0.25) is 5.15 Å². The van der Waals surface area contributed by atoms with Gasteiger partial charge < -0.3 is 13.7 Å². The predicted molar refractivity (Wildman–Crippen MR) is 92.3 cm³/mol. The maximum atomic E-state index is 6.20. The Hall–Kier alpha value is -2.79. The molecule has 3 heterocycles. The minimum absolute atomic E-state index is 0.408. The topological polar surface area (TPSA) is 53.1 Å². The lowest BCUT2D eigenvalue weighted by molar-refractivity contribution is 0.414. The van der Waals surface area contributed by atoms with E-state index in [-0.39, 0.29) is 0 Å². The Bertz CT molecular complexity index is 976. The second-order valence-electron chi connectivity index (χ2n) is 5.36. The highest BCUT2D eigenvalue weighted by atomic mass is 35.5. The molecule has 3 aromatic heterocycles. The fourth-order valence-corrected chi connectivity index (χ4v) is 2.86. The number of pyridine rings is 1. The number of nitrogens with zero attached hydrogens (tertiary/aromatic N) is 3. The van der Waals surface area contributed by atoms with Crippen LogP contribution in [0.25, 0.3) is 22.5 Å². The zero-order chi connectivity index (χ0) is 16.5.